The molecule has 0 spiro atoms. The molecule has 114 valence electrons. The molecule has 6 heteroatoms. The highest BCUT2D eigenvalue weighted by atomic mass is 16.5. The summed E-state index contributed by atoms with van der Waals surface area (Å²) in [5, 5.41) is 0. The number of carbonyl (C=O) groups excluding carboxylic acids is 1. The van der Waals surface area contributed by atoms with Gasteiger partial charge in [-0.2, -0.15) is 0 Å². The monoisotopic (exact) mass is 299 g/mol. The lowest BCUT2D eigenvalue weighted by atomic mass is 10.2. The highest BCUT2D eigenvalue weighted by molar-refractivity contribution is 5.94. The average molecular weight is 299 g/mol. The lowest BCUT2D eigenvalue weighted by molar-refractivity contribution is 0.0770. The first-order valence-corrected chi connectivity index (χ1v) is 7.13. The second kappa shape index (κ2) is 6.43. The molecule has 0 radical (unpaired) electrons. The molecule has 0 saturated carbocycles. The Bertz CT molecular complexity index is 631. The molecule has 2 aromatic heterocycles. The fourth-order valence-corrected chi connectivity index (χ4v) is 2.41. The van der Waals surface area contributed by atoms with Gasteiger partial charge in [-0.15, -0.1) is 0 Å². The third-order valence-electron chi connectivity index (χ3n) is 3.55. The van der Waals surface area contributed by atoms with Crippen molar-refractivity contribution in [3.8, 4) is 11.8 Å². The van der Waals surface area contributed by atoms with Crippen LogP contribution in [0.4, 0.5) is 0 Å². The number of rotatable bonds is 4. The Morgan fingerprint density at radius 1 is 1.23 bits per heavy atom. The second-order valence-electron chi connectivity index (χ2n) is 5.04. The summed E-state index contributed by atoms with van der Waals surface area (Å²) in [6.07, 6.45) is 4.00. The van der Waals surface area contributed by atoms with Gasteiger partial charge in [0.05, 0.1) is 19.2 Å². The SMILES string of the molecule is COc1ccc(C(=O)N2CC[C@@H](Oc3ccccn3)C2)cn1. The maximum Gasteiger partial charge on any atom is 0.255 e. The van der Waals surface area contributed by atoms with Gasteiger partial charge in [0, 0.05) is 37.5 Å². The Balaban J connectivity index is 1.60. The molecule has 1 saturated heterocycles. The fourth-order valence-electron chi connectivity index (χ4n) is 2.41. The molecular weight excluding hydrogens is 282 g/mol. The summed E-state index contributed by atoms with van der Waals surface area (Å²) in [6.45, 7) is 1.23. The van der Waals surface area contributed by atoms with Crippen LogP contribution in [0.3, 0.4) is 0 Å². The van der Waals surface area contributed by atoms with Crippen molar-refractivity contribution in [1.82, 2.24) is 14.9 Å². The second-order valence-corrected chi connectivity index (χ2v) is 5.04. The van der Waals surface area contributed by atoms with E-state index in [0.717, 1.165) is 6.42 Å². The first-order valence-electron chi connectivity index (χ1n) is 7.13. The molecule has 1 aliphatic heterocycles. The van der Waals surface area contributed by atoms with Crippen LogP contribution in [-0.2, 0) is 0 Å². The van der Waals surface area contributed by atoms with Gasteiger partial charge in [0.2, 0.25) is 11.8 Å². The number of nitrogens with zero attached hydrogens (tertiary/aromatic N) is 3. The largest absolute Gasteiger partial charge is 0.481 e. The van der Waals surface area contributed by atoms with E-state index in [1.807, 2.05) is 18.2 Å². The van der Waals surface area contributed by atoms with Crippen molar-refractivity contribution in [1.29, 1.82) is 0 Å². The number of hydrogen-bond acceptors (Lipinski definition) is 5. The van der Waals surface area contributed by atoms with E-state index < -0.39 is 0 Å². The van der Waals surface area contributed by atoms with Crippen LogP contribution in [0.1, 0.15) is 16.8 Å². The number of carbonyl (C=O) groups is 1. The molecule has 1 aliphatic rings. The van der Waals surface area contributed by atoms with Crippen molar-refractivity contribution >= 4 is 5.91 Å². The molecule has 1 amide bonds. The van der Waals surface area contributed by atoms with Crippen molar-refractivity contribution in [2.75, 3.05) is 20.2 Å². The molecule has 3 heterocycles. The van der Waals surface area contributed by atoms with Crippen LogP contribution in [0.2, 0.25) is 0 Å². The summed E-state index contributed by atoms with van der Waals surface area (Å²) in [5.74, 6) is 1.05. The topological polar surface area (TPSA) is 64.5 Å². The molecule has 1 fully saturated rings. The fraction of sp³-hybridized carbons (Fsp3) is 0.312. The third kappa shape index (κ3) is 3.16. The number of pyridine rings is 2. The van der Waals surface area contributed by atoms with Gasteiger partial charge in [0.15, 0.2) is 0 Å². The molecule has 1 atom stereocenters. The minimum absolute atomic E-state index is 0.0231. The highest BCUT2D eigenvalue weighted by Crippen LogP contribution is 2.18. The van der Waals surface area contributed by atoms with Crippen molar-refractivity contribution in [3.05, 3.63) is 48.3 Å². The van der Waals surface area contributed by atoms with Crippen LogP contribution < -0.4 is 9.47 Å². The van der Waals surface area contributed by atoms with E-state index in [1.165, 1.54) is 6.20 Å². The van der Waals surface area contributed by atoms with E-state index in [9.17, 15) is 4.79 Å². The number of likely N-dealkylation sites (tertiary alicyclic amines) is 1. The van der Waals surface area contributed by atoms with Crippen LogP contribution in [0, 0.1) is 0 Å². The van der Waals surface area contributed by atoms with Gasteiger partial charge in [-0.3, -0.25) is 4.79 Å². The van der Waals surface area contributed by atoms with Crippen molar-refractivity contribution in [3.63, 3.8) is 0 Å². The number of amides is 1. The van der Waals surface area contributed by atoms with E-state index in [4.69, 9.17) is 9.47 Å². The van der Waals surface area contributed by atoms with Crippen LogP contribution in [0.5, 0.6) is 11.8 Å². The van der Waals surface area contributed by atoms with Crippen molar-refractivity contribution in [2.24, 2.45) is 0 Å². The van der Waals surface area contributed by atoms with Gasteiger partial charge < -0.3 is 14.4 Å². The Kier molecular flexibility index (Phi) is 4.18. The van der Waals surface area contributed by atoms with E-state index in [0.29, 0.717) is 30.4 Å². The standard InChI is InChI=1S/C16H17N3O3/c1-21-14-6-5-12(10-18-14)16(20)19-9-7-13(11-19)22-15-4-2-3-8-17-15/h2-6,8,10,13H,7,9,11H2,1H3/t13-/m1/s1. The van der Waals surface area contributed by atoms with Crippen LogP contribution in [0.15, 0.2) is 42.7 Å². The molecule has 0 bridgehead atoms. The van der Waals surface area contributed by atoms with E-state index in [2.05, 4.69) is 9.97 Å². The van der Waals surface area contributed by atoms with Crippen molar-refractivity contribution < 1.29 is 14.3 Å². The normalized spacial score (nSPS) is 17.3. The molecule has 0 N–H and O–H groups in total. The van der Waals surface area contributed by atoms with Crippen LogP contribution in [0.25, 0.3) is 0 Å². The summed E-state index contributed by atoms with van der Waals surface area (Å²) in [6, 6.07) is 8.95. The lowest BCUT2D eigenvalue weighted by Crippen LogP contribution is -2.31. The number of ether oxygens (including phenoxy) is 2. The summed E-state index contributed by atoms with van der Waals surface area (Å²) >= 11 is 0. The first-order chi connectivity index (χ1) is 10.8. The predicted molar refractivity (Wildman–Crippen MR) is 80.0 cm³/mol. The number of aromatic nitrogens is 2. The summed E-state index contributed by atoms with van der Waals surface area (Å²) < 4.78 is 10.8. The molecule has 6 nitrogen and oxygen atoms in total. The zero-order chi connectivity index (χ0) is 15.4. The summed E-state index contributed by atoms with van der Waals surface area (Å²) in [5.41, 5.74) is 0.555. The molecule has 0 unspecified atom stereocenters. The quantitative estimate of drug-likeness (QED) is 0.861. The van der Waals surface area contributed by atoms with Crippen molar-refractivity contribution in [2.45, 2.75) is 12.5 Å². The first kappa shape index (κ1) is 14.3. The molecule has 0 aromatic carbocycles. The molecule has 3 rings (SSSR count). The maximum absolute atomic E-state index is 12.4. The number of methoxy groups -OCH3 is 1. The Hall–Kier alpha value is -2.63. The van der Waals surface area contributed by atoms with Crippen LogP contribution >= 0.6 is 0 Å². The van der Waals surface area contributed by atoms with Gasteiger partial charge in [-0.05, 0) is 12.1 Å². The minimum Gasteiger partial charge on any atom is -0.481 e. The lowest BCUT2D eigenvalue weighted by Gasteiger charge is -2.17. The van der Waals surface area contributed by atoms with Gasteiger partial charge in [-0.25, -0.2) is 9.97 Å². The molecule has 22 heavy (non-hydrogen) atoms. The average Bonchev–Trinajstić information content (AvgIpc) is 3.04. The van der Waals surface area contributed by atoms with E-state index in [-0.39, 0.29) is 12.0 Å². The molecule has 0 aliphatic carbocycles. The predicted octanol–water partition coefficient (Wildman–Crippen LogP) is 1.78. The Morgan fingerprint density at radius 3 is 2.82 bits per heavy atom. The minimum atomic E-state index is -0.0396. The zero-order valence-corrected chi connectivity index (χ0v) is 12.3. The third-order valence-corrected chi connectivity index (χ3v) is 3.55. The summed E-state index contributed by atoms with van der Waals surface area (Å²) in [4.78, 5) is 22.4. The van der Waals surface area contributed by atoms with Gasteiger partial charge in [0.1, 0.15) is 6.10 Å². The maximum atomic E-state index is 12.4. The van der Waals surface area contributed by atoms with Gasteiger partial charge >= 0.3 is 0 Å². The van der Waals surface area contributed by atoms with Gasteiger partial charge in [0.25, 0.3) is 5.91 Å². The van der Waals surface area contributed by atoms with Gasteiger partial charge in [-0.1, -0.05) is 6.07 Å². The molecule has 2 aromatic rings. The highest BCUT2D eigenvalue weighted by Gasteiger charge is 2.28. The number of hydrogen-bond donors (Lipinski definition) is 0. The molecular formula is C16H17N3O3. The van der Waals surface area contributed by atoms with Crippen LogP contribution in [-0.4, -0.2) is 47.1 Å². The van der Waals surface area contributed by atoms with E-state index in [1.54, 1.807) is 30.3 Å². The smallest absolute Gasteiger partial charge is 0.255 e. The van der Waals surface area contributed by atoms with E-state index >= 15 is 0 Å². The Morgan fingerprint density at radius 2 is 2.14 bits per heavy atom. The summed E-state index contributed by atoms with van der Waals surface area (Å²) in [7, 11) is 1.55. The Labute approximate surface area is 128 Å². The zero-order valence-electron chi connectivity index (χ0n) is 12.3.